The van der Waals surface area contributed by atoms with Gasteiger partial charge in [0.2, 0.25) is 0 Å². The highest BCUT2D eigenvalue weighted by Gasteiger charge is 2.29. The Morgan fingerprint density at radius 3 is 2.89 bits per heavy atom. The van der Waals surface area contributed by atoms with E-state index in [4.69, 9.17) is 0 Å². The van der Waals surface area contributed by atoms with E-state index in [1.807, 2.05) is 46.6 Å². The molecule has 0 aromatic carbocycles. The number of carbonyl (C=O) groups is 1. The average molecular weight is 368 g/mol. The van der Waals surface area contributed by atoms with Crippen LogP contribution in [0.3, 0.4) is 0 Å². The molecule has 1 aliphatic heterocycles. The lowest BCUT2D eigenvalue weighted by Gasteiger charge is -2.31. The van der Waals surface area contributed by atoms with E-state index in [1.54, 1.807) is 16.9 Å². The first-order valence-electron chi connectivity index (χ1n) is 9.34. The molecule has 27 heavy (non-hydrogen) atoms. The van der Waals surface area contributed by atoms with Gasteiger partial charge in [0.1, 0.15) is 18.1 Å². The molecule has 0 saturated carbocycles. The fraction of sp³-hybridized carbons (Fsp3) is 0.500. The van der Waals surface area contributed by atoms with Crippen molar-refractivity contribution in [3.05, 3.63) is 48.1 Å². The predicted octanol–water partition coefficient (Wildman–Crippen LogP) is 1.30. The van der Waals surface area contributed by atoms with Crippen LogP contribution < -0.4 is 0 Å². The van der Waals surface area contributed by atoms with E-state index in [0.717, 1.165) is 37.6 Å². The van der Waals surface area contributed by atoms with Gasteiger partial charge in [0, 0.05) is 51.2 Å². The first kappa shape index (κ1) is 17.4. The molecule has 3 aromatic rings. The summed E-state index contributed by atoms with van der Waals surface area (Å²) in [6, 6.07) is 3.68. The van der Waals surface area contributed by atoms with E-state index in [-0.39, 0.29) is 11.8 Å². The summed E-state index contributed by atoms with van der Waals surface area (Å²) in [6.07, 6.45) is 7.46. The summed E-state index contributed by atoms with van der Waals surface area (Å²) in [4.78, 5) is 14.7. The lowest BCUT2D eigenvalue weighted by Crippen LogP contribution is -2.40. The van der Waals surface area contributed by atoms with Crippen molar-refractivity contribution < 1.29 is 4.79 Å². The first-order chi connectivity index (χ1) is 13.2. The summed E-state index contributed by atoms with van der Waals surface area (Å²) in [5, 5.41) is 17.3. The quantitative estimate of drug-likeness (QED) is 0.677. The Hall–Kier alpha value is -2.97. The minimum absolute atomic E-state index is 0.00849. The Bertz CT molecular complexity index is 910. The van der Waals surface area contributed by atoms with Crippen LogP contribution in [-0.2, 0) is 20.1 Å². The highest BCUT2D eigenvalue weighted by Crippen LogP contribution is 2.26. The number of rotatable bonds is 5. The monoisotopic (exact) mass is 368 g/mol. The second kappa shape index (κ2) is 7.34. The number of amides is 1. The predicted molar refractivity (Wildman–Crippen MR) is 98.1 cm³/mol. The zero-order chi connectivity index (χ0) is 18.8. The average Bonchev–Trinajstić information content (AvgIpc) is 3.44. The highest BCUT2D eigenvalue weighted by molar-refractivity contribution is 5.92. The van der Waals surface area contributed by atoms with Crippen molar-refractivity contribution in [2.24, 2.45) is 7.05 Å². The minimum Gasteiger partial charge on any atom is -0.337 e. The third-order valence-electron chi connectivity index (χ3n) is 5.12. The molecule has 0 spiro atoms. The summed E-state index contributed by atoms with van der Waals surface area (Å²) in [7, 11) is 1.98. The van der Waals surface area contributed by atoms with Crippen LogP contribution in [0.1, 0.15) is 47.8 Å². The van der Waals surface area contributed by atoms with E-state index >= 15 is 0 Å². The molecule has 142 valence electrons. The van der Waals surface area contributed by atoms with Gasteiger partial charge in [-0.25, -0.2) is 0 Å². The summed E-state index contributed by atoms with van der Waals surface area (Å²) < 4.78 is 5.64. The number of likely N-dealkylation sites (tertiary alicyclic amines) is 1. The zero-order valence-electron chi connectivity index (χ0n) is 15.7. The molecule has 1 atom stereocenters. The van der Waals surface area contributed by atoms with Crippen LogP contribution in [0.5, 0.6) is 0 Å². The smallest absolute Gasteiger partial charge is 0.274 e. The largest absolute Gasteiger partial charge is 0.337 e. The molecule has 0 bridgehead atoms. The van der Waals surface area contributed by atoms with Crippen molar-refractivity contribution in [1.29, 1.82) is 0 Å². The van der Waals surface area contributed by atoms with Crippen LogP contribution in [0.25, 0.3) is 0 Å². The van der Waals surface area contributed by atoms with Crippen molar-refractivity contribution in [1.82, 2.24) is 39.2 Å². The Balaban J connectivity index is 1.48. The maximum Gasteiger partial charge on any atom is 0.274 e. The van der Waals surface area contributed by atoms with Gasteiger partial charge >= 0.3 is 0 Å². The molecule has 1 fully saturated rings. The van der Waals surface area contributed by atoms with Crippen molar-refractivity contribution in [2.45, 2.75) is 38.8 Å². The first-order valence-corrected chi connectivity index (χ1v) is 9.34. The molecular formula is C18H24N8O. The molecular weight excluding hydrogens is 344 g/mol. The van der Waals surface area contributed by atoms with E-state index in [2.05, 4.69) is 20.4 Å². The molecule has 9 heteroatoms. The molecule has 9 nitrogen and oxygen atoms in total. The van der Waals surface area contributed by atoms with Crippen LogP contribution >= 0.6 is 0 Å². The fourth-order valence-electron chi connectivity index (χ4n) is 3.59. The van der Waals surface area contributed by atoms with Gasteiger partial charge in [-0.05, 0) is 31.9 Å². The third kappa shape index (κ3) is 3.49. The lowest BCUT2D eigenvalue weighted by atomic mass is 9.97. The van der Waals surface area contributed by atoms with Crippen molar-refractivity contribution in [2.75, 3.05) is 13.1 Å². The molecule has 1 amide bonds. The van der Waals surface area contributed by atoms with Crippen LogP contribution in [-0.4, -0.2) is 58.2 Å². The number of piperidine rings is 1. The number of hydrogen-bond acceptors (Lipinski definition) is 5. The number of hydrogen-bond donors (Lipinski definition) is 0. The van der Waals surface area contributed by atoms with Gasteiger partial charge < -0.3 is 9.47 Å². The maximum atomic E-state index is 12.8. The van der Waals surface area contributed by atoms with Crippen molar-refractivity contribution in [3.63, 3.8) is 0 Å². The van der Waals surface area contributed by atoms with Crippen LogP contribution in [0.15, 0.2) is 30.7 Å². The Labute approximate surface area is 157 Å². The molecule has 0 aliphatic carbocycles. The van der Waals surface area contributed by atoms with Gasteiger partial charge in [0.25, 0.3) is 5.91 Å². The van der Waals surface area contributed by atoms with E-state index < -0.39 is 0 Å². The van der Waals surface area contributed by atoms with E-state index in [0.29, 0.717) is 18.8 Å². The highest BCUT2D eigenvalue weighted by atomic mass is 16.2. The third-order valence-corrected chi connectivity index (χ3v) is 5.12. The molecule has 4 heterocycles. The second-order valence-corrected chi connectivity index (χ2v) is 6.88. The zero-order valence-corrected chi connectivity index (χ0v) is 15.7. The summed E-state index contributed by atoms with van der Waals surface area (Å²) in [5.74, 6) is 1.96. The van der Waals surface area contributed by atoms with Crippen LogP contribution in [0.2, 0.25) is 0 Å². The standard InChI is InChI=1S/C18H24N8O/c1-3-25-11-7-15(22-25)18(27)24-9-4-6-14(12-24)17-21-20-16(23(17)2)13-26-10-5-8-19-26/h5,7-8,10-11,14H,3-4,6,9,12-13H2,1-2H3/t14-/m1/s1. The Kier molecular flexibility index (Phi) is 4.74. The molecule has 1 aliphatic rings. The molecule has 3 aromatic heterocycles. The number of aryl methyl sites for hydroxylation is 1. The summed E-state index contributed by atoms with van der Waals surface area (Å²) >= 11 is 0. The fourth-order valence-corrected chi connectivity index (χ4v) is 3.59. The van der Waals surface area contributed by atoms with Gasteiger partial charge in [0.05, 0.1) is 0 Å². The van der Waals surface area contributed by atoms with E-state index in [1.165, 1.54) is 0 Å². The van der Waals surface area contributed by atoms with Crippen molar-refractivity contribution in [3.8, 4) is 0 Å². The van der Waals surface area contributed by atoms with Gasteiger partial charge in [-0.15, -0.1) is 10.2 Å². The van der Waals surface area contributed by atoms with Crippen molar-refractivity contribution >= 4 is 5.91 Å². The van der Waals surface area contributed by atoms with Gasteiger partial charge in [0.15, 0.2) is 5.82 Å². The molecule has 4 rings (SSSR count). The van der Waals surface area contributed by atoms with Gasteiger partial charge in [-0.1, -0.05) is 0 Å². The molecule has 0 unspecified atom stereocenters. The number of carbonyl (C=O) groups excluding carboxylic acids is 1. The molecule has 1 saturated heterocycles. The number of aromatic nitrogens is 7. The summed E-state index contributed by atoms with van der Waals surface area (Å²) in [5.41, 5.74) is 0.509. The molecule has 0 N–H and O–H groups in total. The SMILES string of the molecule is CCn1ccc(C(=O)N2CCC[C@@H](c3nnc(Cn4cccn4)n3C)C2)n1. The maximum absolute atomic E-state index is 12.8. The Morgan fingerprint density at radius 2 is 2.15 bits per heavy atom. The topological polar surface area (TPSA) is 86.7 Å². The summed E-state index contributed by atoms with van der Waals surface area (Å²) in [6.45, 7) is 4.75. The molecule has 0 radical (unpaired) electrons. The van der Waals surface area contributed by atoms with Crippen LogP contribution in [0, 0.1) is 0 Å². The lowest BCUT2D eigenvalue weighted by molar-refractivity contribution is 0.0696. The number of nitrogens with zero attached hydrogens (tertiary/aromatic N) is 8. The van der Waals surface area contributed by atoms with Crippen LogP contribution in [0.4, 0.5) is 0 Å². The minimum atomic E-state index is -0.00849. The normalized spacial score (nSPS) is 17.4. The van der Waals surface area contributed by atoms with Gasteiger partial charge in [-0.2, -0.15) is 10.2 Å². The van der Waals surface area contributed by atoms with E-state index in [9.17, 15) is 4.79 Å². The van der Waals surface area contributed by atoms with Gasteiger partial charge in [-0.3, -0.25) is 14.2 Å². The second-order valence-electron chi connectivity index (χ2n) is 6.88. The Morgan fingerprint density at radius 1 is 1.26 bits per heavy atom.